The minimum atomic E-state index is -0.493. The van der Waals surface area contributed by atoms with Crippen molar-refractivity contribution in [2.45, 2.75) is 46.3 Å². The molecule has 1 aromatic heterocycles. The average Bonchev–Trinajstić information content (AvgIpc) is 2.30. The predicted octanol–water partition coefficient (Wildman–Crippen LogP) is 2.76. The molecule has 1 rings (SSSR count). The lowest BCUT2D eigenvalue weighted by molar-refractivity contribution is 0.194. The number of nitrogens with zero attached hydrogens (tertiary/aromatic N) is 2. The molecule has 16 heavy (non-hydrogen) atoms. The third kappa shape index (κ3) is 2.95. The Labute approximate surface area is 98.1 Å². The monoisotopic (exact) mass is 222 g/mol. The number of aromatic nitrogens is 1. The van der Waals surface area contributed by atoms with Gasteiger partial charge < -0.3 is 10.0 Å². The van der Waals surface area contributed by atoms with Crippen LogP contribution >= 0.6 is 0 Å². The van der Waals surface area contributed by atoms with Crippen molar-refractivity contribution in [3.05, 3.63) is 24.0 Å². The number of aliphatic hydroxyl groups is 1. The molecule has 0 bridgehead atoms. The Morgan fingerprint density at radius 1 is 1.31 bits per heavy atom. The number of hydrogen-bond acceptors (Lipinski definition) is 3. The Hall–Kier alpha value is -1.09. The quantitative estimate of drug-likeness (QED) is 0.832. The van der Waals surface area contributed by atoms with Crippen LogP contribution in [-0.4, -0.2) is 22.7 Å². The summed E-state index contributed by atoms with van der Waals surface area (Å²) in [6, 6.07) is 4.44. The van der Waals surface area contributed by atoms with Gasteiger partial charge in [-0.05, 0) is 39.3 Å². The molecule has 0 saturated heterocycles. The van der Waals surface area contributed by atoms with Gasteiger partial charge in [-0.15, -0.1) is 0 Å². The molecule has 1 aromatic rings. The van der Waals surface area contributed by atoms with Crippen molar-refractivity contribution in [2.75, 3.05) is 11.4 Å². The molecule has 90 valence electrons. The van der Waals surface area contributed by atoms with Gasteiger partial charge in [0.25, 0.3) is 0 Å². The van der Waals surface area contributed by atoms with Gasteiger partial charge in [0.15, 0.2) is 0 Å². The third-order valence-corrected chi connectivity index (χ3v) is 2.99. The van der Waals surface area contributed by atoms with Gasteiger partial charge in [0, 0.05) is 12.6 Å². The lowest BCUT2D eigenvalue weighted by Gasteiger charge is -2.29. The largest absolute Gasteiger partial charge is 0.387 e. The van der Waals surface area contributed by atoms with Crippen molar-refractivity contribution in [1.29, 1.82) is 0 Å². The first-order chi connectivity index (χ1) is 7.60. The summed E-state index contributed by atoms with van der Waals surface area (Å²) in [5.41, 5.74) is 1.85. The molecule has 1 unspecified atom stereocenters. The first-order valence-corrected chi connectivity index (χ1v) is 6.00. The zero-order valence-corrected chi connectivity index (χ0v) is 10.6. The van der Waals surface area contributed by atoms with E-state index in [9.17, 15) is 5.11 Å². The number of hydrogen-bond donors (Lipinski definition) is 1. The summed E-state index contributed by atoms with van der Waals surface area (Å²) in [5.74, 6) is 0. The van der Waals surface area contributed by atoms with E-state index in [0.29, 0.717) is 6.04 Å². The Morgan fingerprint density at radius 2 is 2.00 bits per heavy atom. The van der Waals surface area contributed by atoms with E-state index in [1.165, 1.54) is 0 Å². The van der Waals surface area contributed by atoms with Crippen molar-refractivity contribution in [2.24, 2.45) is 0 Å². The molecule has 0 aromatic carbocycles. The van der Waals surface area contributed by atoms with E-state index in [1.807, 2.05) is 18.3 Å². The second kappa shape index (κ2) is 5.85. The highest BCUT2D eigenvalue weighted by Crippen LogP contribution is 2.19. The van der Waals surface area contributed by atoms with Gasteiger partial charge in [-0.2, -0.15) is 0 Å². The Balaban J connectivity index is 2.86. The van der Waals surface area contributed by atoms with Gasteiger partial charge in [0.1, 0.15) is 0 Å². The summed E-state index contributed by atoms with van der Waals surface area (Å²) < 4.78 is 0. The molecule has 0 aliphatic heterocycles. The van der Waals surface area contributed by atoms with Crippen LogP contribution in [0.2, 0.25) is 0 Å². The van der Waals surface area contributed by atoms with E-state index in [4.69, 9.17) is 0 Å². The summed E-state index contributed by atoms with van der Waals surface area (Å²) in [4.78, 5) is 6.59. The molecule has 0 amide bonds. The van der Waals surface area contributed by atoms with E-state index < -0.39 is 6.10 Å². The SMILES string of the molecule is CCC(C)N(CC)c1ccc([C@@H](C)O)nc1. The van der Waals surface area contributed by atoms with Gasteiger partial charge >= 0.3 is 0 Å². The van der Waals surface area contributed by atoms with Gasteiger partial charge in [-0.25, -0.2) is 0 Å². The molecule has 0 spiro atoms. The molecule has 0 aliphatic carbocycles. The maximum absolute atomic E-state index is 9.39. The van der Waals surface area contributed by atoms with Crippen molar-refractivity contribution < 1.29 is 5.11 Å². The molecule has 0 radical (unpaired) electrons. The van der Waals surface area contributed by atoms with Crippen molar-refractivity contribution in [3.63, 3.8) is 0 Å². The van der Waals surface area contributed by atoms with Gasteiger partial charge in [0.05, 0.1) is 23.7 Å². The standard InChI is InChI=1S/C13H22N2O/c1-5-10(3)15(6-2)12-7-8-13(11(4)16)14-9-12/h7-11,16H,5-6H2,1-4H3/t10?,11-/m1/s1. The van der Waals surface area contributed by atoms with E-state index in [2.05, 4.69) is 30.7 Å². The second-order valence-corrected chi connectivity index (χ2v) is 4.16. The number of pyridine rings is 1. The van der Waals surface area contributed by atoms with Crippen LogP contribution in [0, 0.1) is 0 Å². The molecule has 3 nitrogen and oxygen atoms in total. The Bertz CT molecular complexity index is 308. The fourth-order valence-electron chi connectivity index (χ4n) is 1.78. The lowest BCUT2D eigenvalue weighted by Crippen LogP contribution is -2.32. The maximum Gasteiger partial charge on any atom is 0.0931 e. The normalized spacial score (nSPS) is 14.6. The van der Waals surface area contributed by atoms with Crippen molar-refractivity contribution >= 4 is 5.69 Å². The van der Waals surface area contributed by atoms with Crippen LogP contribution in [-0.2, 0) is 0 Å². The van der Waals surface area contributed by atoms with Crippen LogP contribution in [0.25, 0.3) is 0 Å². The van der Waals surface area contributed by atoms with Crippen LogP contribution in [0.4, 0.5) is 5.69 Å². The second-order valence-electron chi connectivity index (χ2n) is 4.16. The van der Waals surface area contributed by atoms with Gasteiger partial charge in [-0.1, -0.05) is 6.92 Å². The van der Waals surface area contributed by atoms with Crippen LogP contribution in [0.15, 0.2) is 18.3 Å². The molecule has 3 heteroatoms. The summed E-state index contributed by atoms with van der Waals surface area (Å²) in [6.07, 6.45) is 2.47. The molecule has 1 N–H and O–H groups in total. The molecule has 0 saturated carbocycles. The minimum absolute atomic E-state index is 0.493. The summed E-state index contributed by atoms with van der Waals surface area (Å²) >= 11 is 0. The van der Waals surface area contributed by atoms with Gasteiger partial charge in [-0.3, -0.25) is 4.98 Å². The van der Waals surface area contributed by atoms with E-state index >= 15 is 0 Å². The van der Waals surface area contributed by atoms with Crippen LogP contribution in [0.1, 0.15) is 45.9 Å². The van der Waals surface area contributed by atoms with Gasteiger partial charge in [0.2, 0.25) is 0 Å². The molecular weight excluding hydrogens is 200 g/mol. The summed E-state index contributed by atoms with van der Waals surface area (Å²) in [5, 5.41) is 9.39. The average molecular weight is 222 g/mol. The molecule has 1 heterocycles. The fraction of sp³-hybridized carbons (Fsp3) is 0.615. The third-order valence-electron chi connectivity index (χ3n) is 2.99. The highest BCUT2D eigenvalue weighted by atomic mass is 16.3. The van der Waals surface area contributed by atoms with Crippen LogP contribution < -0.4 is 4.90 Å². The molecule has 0 fully saturated rings. The minimum Gasteiger partial charge on any atom is -0.387 e. The predicted molar refractivity (Wildman–Crippen MR) is 67.6 cm³/mol. The summed E-state index contributed by atoms with van der Waals surface area (Å²) in [6.45, 7) is 9.25. The van der Waals surface area contributed by atoms with E-state index in [1.54, 1.807) is 6.92 Å². The number of rotatable bonds is 5. The smallest absolute Gasteiger partial charge is 0.0931 e. The highest BCUT2D eigenvalue weighted by molar-refractivity contribution is 5.45. The fourth-order valence-corrected chi connectivity index (χ4v) is 1.78. The summed E-state index contributed by atoms with van der Waals surface area (Å²) in [7, 11) is 0. The molecular formula is C13H22N2O. The lowest BCUT2D eigenvalue weighted by atomic mass is 10.2. The number of anilines is 1. The van der Waals surface area contributed by atoms with Crippen LogP contribution in [0.3, 0.4) is 0 Å². The molecule has 2 atom stereocenters. The Kier molecular flexibility index (Phi) is 4.74. The van der Waals surface area contributed by atoms with Crippen molar-refractivity contribution in [1.82, 2.24) is 4.98 Å². The van der Waals surface area contributed by atoms with E-state index in [-0.39, 0.29) is 0 Å². The number of aliphatic hydroxyl groups excluding tert-OH is 1. The topological polar surface area (TPSA) is 36.4 Å². The molecule has 0 aliphatic rings. The van der Waals surface area contributed by atoms with Crippen LogP contribution in [0.5, 0.6) is 0 Å². The highest BCUT2D eigenvalue weighted by Gasteiger charge is 2.11. The zero-order chi connectivity index (χ0) is 12.1. The Morgan fingerprint density at radius 3 is 2.38 bits per heavy atom. The first kappa shape index (κ1) is 13.0. The zero-order valence-electron chi connectivity index (χ0n) is 10.6. The van der Waals surface area contributed by atoms with E-state index in [0.717, 1.165) is 24.3 Å². The maximum atomic E-state index is 9.39. The first-order valence-electron chi connectivity index (χ1n) is 6.00. The van der Waals surface area contributed by atoms with Crippen molar-refractivity contribution in [3.8, 4) is 0 Å².